The number of benzene rings is 1. The molecule has 1 N–H and O–H groups in total. The molecule has 1 atom stereocenters. The van der Waals surface area contributed by atoms with Crippen LogP contribution in [0.2, 0.25) is 10.0 Å². The number of aromatic nitrogens is 1. The minimum absolute atomic E-state index is 0.129. The molecule has 0 bridgehead atoms. The Bertz CT molecular complexity index is 755. The number of pyridine rings is 1. The van der Waals surface area contributed by atoms with Crippen molar-refractivity contribution < 1.29 is 9.13 Å². The summed E-state index contributed by atoms with van der Waals surface area (Å²) in [6.45, 7) is 0. The Balaban J connectivity index is 2.27. The zero-order valence-electron chi connectivity index (χ0n) is 11.4. The molecule has 0 aliphatic rings. The summed E-state index contributed by atoms with van der Waals surface area (Å²) in [6.07, 6.45) is 2.71. The van der Waals surface area contributed by atoms with E-state index in [2.05, 4.69) is 10.3 Å². The molecule has 1 aromatic heterocycles. The van der Waals surface area contributed by atoms with Gasteiger partial charge in [0.05, 0.1) is 9.95 Å². The van der Waals surface area contributed by atoms with Gasteiger partial charge >= 0.3 is 0 Å². The fraction of sp³-hybridized carbons (Fsp3) is 0.154. The highest BCUT2D eigenvalue weighted by Gasteiger charge is 2.12. The molecule has 1 heterocycles. The SMILES string of the molecule is CS(=O)Cc1cc(Nc2ncc([N+](=O)[O-])cc2Cl)ccc1Cl. The molecule has 0 aliphatic heterocycles. The van der Waals surface area contributed by atoms with Crippen LogP contribution >= 0.6 is 23.2 Å². The summed E-state index contributed by atoms with van der Waals surface area (Å²) < 4.78 is 11.3. The topological polar surface area (TPSA) is 85.1 Å². The van der Waals surface area contributed by atoms with Crippen molar-refractivity contribution in [2.75, 3.05) is 11.6 Å². The first-order valence-electron chi connectivity index (χ1n) is 6.02. The van der Waals surface area contributed by atoms with E-state index >= 15 is 0 Å². The van der Waals surface area contributed by atoms with Gasteiger partial charge in [-0.25, -0.2) is 4.98 Å². The average Bonchev–Trinajstić information content (AvgIpc) is 2.44. The second-order valence-electron chi connectivity index (χ2n) is 4.43. The van der Waals surface area contributed by atoms with E-state index < -0.39 is 15.7 Å². The molecule has 0 amide bonds. The fourth-order valence-electron chi connectivity index (χ4n) is 1.74. The molecular weight excluding hydrogens is 349 g/mol. The molecule has 0 radical (unpaired) electrons. The van der Waals surface area contributed by atoms with Crippen molar-refractivity contribution in [3.63, 3.8) is 0 Å². The van der Waals surface area contributed by atoms with Gasteiger partial charge < -0.3 is 5.32 Å². The lowest BCUT2D eigenvalue weighted by molar-refractivity contribution is -0.385. The Labute approximate surface area is 139 Å². The molecule has 2 aromatic rings. The quantitative estimate of drug-likeness (QED) is 0.645. The molecule has 2 rings (SSSR count). The van der Waals surface area contributed by atoms with Crippen LogP contribution in [0.15, 0.2) is 30.5 Å². The predicted molar refractivity (Wildman–Crippen MR) is 88.4 cm³/mol. The van der Waals surface area contributed by atoms with Crippen LogP contribution in [-0.4, -0.2) is 20.4 Å². The molecule has 1 aromatic carbocycles. The average molecular weight is 360 g/mol. The van der Waals surface area contributed by atoms with Crippen molar-refractivity contribution in [1.82, 2.24) is 4.98 Å². The lowest BCUT2D eigenvalue weighted by Crippen LogP contribution is -1.99. The second kappa shape index (κ2) is 7.04. The maximum absolute atomic E-state index is 11.3. The number of nitrogens with zero attached hydrogens (tertiary/aromatic N) is 2. The molecule has 116 valence electrons. The molecule has 0 spiro atoms. The highest BCUT2D eigenvalue weighted by atomic mass is 35.5. The van der Waals surface area contributed by atoms with Crippen molar-refractivity contribution in [3.8, 4) is 0 Å². The third-order valence-electron chi connectivity index (χ3n) is 2.70. The molecule has 1 unspecified atom stereocenters. The standard InChI is InChI=1S/C13H11Cl2N3O3S/c1-22(21)7-8-4-9(2-3-11(8)14)17-13-12(15)5-10(6-16-13)18(19)20/h2-6H,7H2,1H3,(H,16,17). The number of nitro groups is 1. The van der Waals surface area contributed by atoms with Crippen LogP contribution in [0.3, 0.4) is 0 Å². The second-order valence-corrected chi connectivity index (χ2v) is 6.68. The van der Waals surface area contributed by atoms with Crippen molar-refractivity contribution in [2.24, 2.45) is 0 Å². The maximum Gasteiger partial charge on any atom is 0.289 e. The number of anilines is 2. The third kappa shape index (κ3) is 4.16. The van der Waals surface area contributed by atoms with Gasteiger partial charge in [-0.1, -0.05) is 23.2 Å². The number of hydrogen-bond acceptors (Lipinski definition) is 5. The summed E-state index contributed by atoms with van der Waals surface area (Å²) in [7, 11) is -1.02. The van der Waals surface area contributed by atoms with Crippen molar-refractivity contribution in [2.45, 2.75) is 5.75 Å². The van der Waals surface area contributed by atoms with E-state index in [0.29, 0.717) is 16.5 Å². The van der Waals surface area contributed by atoms with Crippen LogP contribution in [0.4, 0.5) is 17.2 Å². The van der Waals surface area contributed by atoms with Crippen molar-refractivity contribution in [3.05, 3.63) is 56.2 Å². The molecule has 0 fully saturated rings. The Morgan fingerprint density at radius 1 is 1.32 bits per heavy atom. The molecule has 0 saturated heterocycles. The predicted octanol–water partition coefficient (Wildman–Crippen LogP) is 3.92. The fourth-order valence-corrected chi connectivity index (χ4v) is 2.89. The van der Waals surface area contributed by atoms with Gasteiger partial charge in [-0.3, -0.25) is 14.3 Å². The molecule has 0 aliphatic carbocycles. The summed E-state index contributed by atoms with van der Waals surface area (Å²) in [5.74, 6) is 0.619. The van der Waals surface area contributed by atoms with E-state index in [0.717, 1.165) is 11.8 Å². The Hall–Kier alpha value is -1.70. The number of halogens is 2. The van der Waals surface area contributed by atoms with Gasteiger partial charge in [-0.2, -0.15) is 0 Å². The normalized spacial score (nSPS) is 12.0. The minimum Gasteiger partial charge on any atom is -0.339 e. The summed E-state index contributed by atoms with van der Waals surface area (Å²) in [5, 5.41) is 14.3. The first kappa shape index (κ1) is 16.7. The van der Waals surface area contributed by atoms with Gasteiger partial charge in [0, 0.05) is 39.6 Å². The summed E-state index contributed by atoms with van der Waals surface area (Å²) in [4.78, 5) is 14.0. The number of hydrogen-bond donors (Lipinski definition) is 1. The molecule has 9 heteroatoms. The molecular formula is C13H11Cl2N3O3S. The smallest absolute Gasteiger partial charge is 0.289 e. The van der Waals surface area contributed by atoms with E-state index in [9.17, 15) is 14.3 Å². The van der Waals surface area contributed by atoms with Crippen LogP contribution in [0.5, 0.6) is 0 Å². The zero-order chi connectivity index (χ0) is 16.3. The lowest BCUT2D eigenvalue weighted by Gasteiger charge is -2.10. The molecule has 6 nitrogen and oxygen atoms in total. The van der Waals surface area contributed by atoms with Gasteiger partial charge in [0.1, 0.15) is 12.0 Å². The van der Waals surface area contributed by atoms with E-state index in [4.69, 9.17) is 23.2 Å². The van der Waals surface area contributed by atoms with Gasteiger partial charge in [0.25, 0.3) is 5.69 Å². The summed E-state index contributed by atoms with van der Waals surface area (Å²) in [5.41, 5.74) is 1.19. The lowest BCUT2D eigenvalue weighted by atomic mass is 10.2. The largest absolute Gasteiger partial charge is 0.339 e. The van der Waals surface area contributed by atoms with Crippen LogP contribution in [0.1, 0.15) is 5.56 Å². The minimum atomic E-state index is -1.02. The van der Waals surface area contributed by atoms with Crippen molar-refractivity contribution in [1.29, 1.82) is 0 Å². The van der Waals surface area contributed by atoms with Crippen LogP contribution < -0.4 is 5.32 Å². The van der Waals surface area contributed by atoms with E-state index in [1.807, 2.05) is 0 Å². The number of nitrogens with one attached hydrogen (secondary N) is 1. The summed E-state index contributed by atoms with van der Waals surface area (Å²) >= 11 is 12.0. The van der Waals surface area contributed by atoms with Gasteiger partial charge in [0.2, 0.25) is 0 Å². The Kier molecular flexibility index (Phi) is 5.33. The first-order valence-corrected chi connectivity index (χ1v) is 8.50. The first-order chi connectivity index (χ1) is 10.4. The highest BCUT2D eigenvalue weighted by Crippen LogP contribution is 2.28. The monoisotopic (exact) mass is 359 g/mol. The Morgan fingerprint density at radius 3 is 2.64 bits per heavy atom. The van der Waals surface area contributed by atoms with E-state index in [-0.39, 0.29) is 16.5 Å². The van der Waals surface area contributed by atoms with Gasteiger partial charge in [0.15, 0.2) is 0 Å². The van der Waals surface area contributed by atoms with Gasteiger partial charge in [-0.05, 0) is 23.8 Å². The van der Waals surface area contributed by atoms with E-state index in [1.165, 1.54) is 6.07 Å². The maximum atomic E-state index is 11.3. The molecule has 0 saturated carbocycles. The highest BCUT2D eigenvalue weighted by molar-refractivity contribution is 7.83. The third-order valence-corrected chi connectivity index (χ3v) is 4.08. The van der Waals surface area contributed by atoms with Gasteiger partial charge in [-0.15, -0.1) is 0 Å². The van der Waals surface area contributed by atoms with Crippen LogP contribution in [0.25, 0.3) is 0 Å². The zero-order valence-corrected chi connectivity index (χ0v) is 13.7. The Morgan fingerprint density at radius 2 is 2.05 bits per heavy atom. The van der Waals surface area contributed by atoms with Crippen LogP contribution in [0, 0.1) is 10.1 Å². The summed E-state index contributed by atoms with van der Waals surface area (Å²) in [6, 6.07) is 6.34. The van der Waals surface area contributed by atoms with Crippen LogP contribution in [-0.2, 0) is 16.6 Å². The van der Waals surface area contributed by atoms with E-state index in [1.54, 1.807) is 24.5 Å². The van der Waals surface area contributed by atoms with Crippen molar-refractivity contribution >= 4 is 51.2 Å². The molecule has 22 heavy (non-hydrogen) atoms. The number of rotatable bonds is 5.